The Labute approximate surface area is 125 Å². The Morgan fingerprint density at radius 3 is 2.14 bits per heavy atom. The van der Waals surface area contributed by atoms with Crippen LogP contribution in [0.3, 0.4) is 0 Å². The van der Waals surface area contributed by atoms with Crippen LogP contribution in [-0.4, -0.2) is 40.3 Å². The molecule has 0 aliphatic heterocycles. The number of nitrogens with two attached hydrogens (primary N) is 1. The third-order valence-corrected chi connectivity index (χ3v) is 3.09. The molecular weight excluding hydrogens is 272 g/mol. The number of unbranched alkanes of at least 4 members (excludes halogenated alkanes) is 2. The summed E-state index contributed by atoms with van der Waals surface area (Å²) in [6, 6.07) is 3.27. The topological polar surface area (TPSA) is 82.8 Å². The van der Waals surface area contributed by atoms with Gasteiger partial charge in [0.15, 0.2) is 11.5 Å². The number of carbonyl (C=O) groups is 1. The minimum absolute atomic E-state index is 0.165. The molecule has 0 atom stereocenters. The summed E-state index contributed by atoms with van der Waals surface area (Å²) in [5, 5.41) is 2.87. The maximum absolute atomic E-state index is 12.1. The molecule has 1 rings (SSSR count). The molecule has 6 nitrogen and oxygen atoms in total. The highest BCUT2D eigenvalue weighted by molar-refractivity contribution is 5.95. The minimum Gasteiger partial charge on any atom is -0.493 e. The van der Waals surface area contributed by atoms with E-state index in [2.05, 4.69) is 5.32 Å². The maximum Gasteiger partial charge on any atom is 0.251 e. The molecule has 6 heteroatoms. The van der Waals surface area contributed by atoms with Crippen molar-refractivity contribution in [3.63, 3.8) is 0 Å². The second kappa shape index (κ2) is 9.07. The second-order valence-corrected chi connectivity index (χ2v) is 4.52. The van der Waals surface area contributed by atoms with Crippen LogP contribution in [0.1, 0.15) is 29.6 Å². The van der Waals surface area contributed by atoms with Crippen molar-refractivity contribution < 1.29 is 19.0 Å². The molecule has 118 valence electrons. The van der Waals surface area contributed by atoms with Crippen molar-refractivity contribution >= 4 is 5.91 Å². The van der Waals surface area contributed by atoms with Gasteiger partial charge in [0, 0.05) is 12.1 Å². The lowest BCUT2D eigenvalue weighted by Crippen LogP contribution is -2.24. The number of carbonyl (C=O) groups excluding carboxylic acids is 1. The van der Waals surface area contributed by atoms with Crippen molar-refractivity contribution in [2.24, 2.45) is 5.73 Å². The lowest BCUT2D eigenvalue weighted by Gasteiger charge is -2.14. The van der Waals surface area contributed by atoms with Gasteiger partial charge in [0.1, 0.15) is 0 Å². The molecule has 21 heavy (non-hydrogen) atoms. The molecule has 0 saturated carbocycles. The lowest BCUT2D eigenvalue weighted by atomic mass is 10.1. The van der Waals surface area contributed by atoms with E-state index in [4.69, 9.17) is 19.9 Å². The van der Waals surface area contributed by atoms with Crippen molar-refractivity contribution in [1.29, 1.82) is 0 Å². The fourth-order valence-corrected chi connectivity index (χ4v) is 1.96. The van der Waals surface area contributed by atoms with Crippen molar-refractivity contribution in [1.82, 2.24) is 5.32 Å². The Morgan fingerprint density at radius 2 is 1.67 bits per heavy atom. The summed E-state index contributed by atoms with van der Waals surface area (Å²) in [5.74, 6) is 1.23. The molecule has 0 aliphatic carbocycles. The molecule has 1 aromatic rings. The molecular formula is C15H24N2O4. The summed E-state index contributed by atoms with van der Waals surface area (Å²) < 4.78 is 15.7. The van der Waals surface area contributed by atoms with Gasteiger partial charge in [-0.3, -0.25) is 4.79 Å². The molecule has 0 unspecified atom stereocenters. The van der Waals surface area contributed by atoms with Gasteiger partial charge in [-0.25, -0.2) is 0 Å². The average Bonchev–Trinajstić information content (AvgIpc) is 2.52. The van der Waals surface area contributed by atoms with Gasteiger partial charge < -0.3 is 25.3 Å². The van der Waals surface area contributed by atoms with Gasteiger partial charge in [0.25, 0.3) is 5.91 Å². The van der Waals surface area contributed by atoms with E-state index in [0.717, 1.165) is 19.3 Å². The molecule has 3 N–H and O–H groups in total. The zero-order valence-electron chi connectivity index (χ0n) is 12.9. The summed E-state index contributed by atoms with van der Waals surface area (Å²) >= 11 is 0. The van der Waals surface area contributed by atoms with E-state index in [1.54, 1.807) is 12.1 Å². The number of hydrogen-bond donors (Lipinski definition) is 2. The summed E-state index contributed by atoms with van der Waals surface area (Å²) in [6.07, 6.45) is 2.89. The van der Waals surface area contributed by atoms with Gasteiger partial charge >= 0.3 is 0 Å². The van der Waals surface area contributed by atoms with Crippen molar-refractivity contribution in [2.45, 2.75) is 19.3 Å². The second-order valence-electron chi connectivity index (χ2n) is 4.52. The van der Waals surface area contributed by atoms with Crippen LogP contribution in [0.4, 0.5) is 0 Å². The fraction of sp³-hybridized carbons (Fsp3) is 0.533. The summed E-state index contributed by atoms with van der Waals surface area (Å²) in [4.78, 5) is 12.1. The summed E-state index contributed by atoms with van der Waals surface area (Å²) in [6.45, 7) is 1.30. The van der Waals surface area contributed by atoms with Crippen LogP contribution in [-0.2, 0) is 0 Å². The molecule has 0 spiro atoms. The van der Waals surface area contributed by atoms with Gasteiger partial charge in [0.05, 0.1) is 21.3 Å². The first-order chi connectivity index (χ1) is 10.2. The number of ether oxygens (including phenoxy) is 3. The molecule has 0 heterocycles. The SMILES string of the molecule is COc1cc(C(=O)NCCCCCN)cc(OC)c1OC. The Hall–Kier alpha value is -1.95. The Kier molecular flexibility index (Phi) is 7.39. The van der Waals surface area contributed by atoms with Crippen molar-refractivity contribution in [3.8, 4) is 17.2 Å². The quantitative estimate of drug-likeness (QED) is 0.676. The van der Waals surface area contributed by atoms with E-state index in [1.165, 1.54) is 21.3 Å². The van der Waals surface area contributed by atoms with Crippen LogP contribution in [0.25, 0.3) is 0 Å². The number of hydrogen-bond acceptors (Lipinski definition) is 5. The molecule has 1 amide bonds. The number of nitrogens with one attached hydrogen (secondary N) is 1. The standard InChI is InChI=1S/C15H24N2O4/c1-19-12-9-11(10-13(20-2)14(12)21-3)15(18)17-8-6-4-5-7-16/h9-10H,4-8,16H2,1-3H3,(H,17,18). The number of benzene rings is 1. The molecule has 0 radical (unpaired) electrons. The molecule has 1 aromatic carbocycles. The molecule has 0 bridgehead atoms. The predicted molar refractivity (Wildman–Crippen MR) is 81.3 cm³/mol. The van der Waals surface area contributed by atoms with E-state index in [0.29, 0.717) is 35.9 Å². The van der Waals surface area contributed by atoms with Gasteiger partial charge in [-0.1, -0.05) is 6.42 Å². The third-order valence-electron chi connectivity index (χ3n) is 3.09. The first-order valence-corrected chi connectivity index (χ1v) is 6.96. The smallest absolute Gasteiger partial charge is 0.251 e. The first-order valence-electron chi connectivity index (χ1n) is 6.96. The highest BCUT2D eigenvalue weighted by atomic mass is 16.5. The first kappa shape index (κ1) is 17.1. The maximum atomic E-state index is 12.1. The predicted octanol–water partition coefficient (Wildman–Crippen LogP) is 1.57. The summed E-state index contributed by atoms with van der Waals surface area (Å²) in [7, 11) is 4.56. The van der Waals surface area contributed by atoms with E-state index in [9.17, 15) is 4.79 Å². The Morgan fingerprint density at radius 1 is 1.05 bits per heavy atom. The molecule has 0 saturated heterocycles. The Bertz CT molecular complexity index is 438. The van der Waals surface area contributed by atoms with E-state index in [1.807, 2.05) is 0 Å². The summed E-state index contributed by atoms with van der Waals surface area (Å²) in [5.41, 5.74) is 5.90. The van der Waals surface area contributed by atoms with Crippen LogP contribution in [0, 0.1) is 0 Å². The van der Waals surface area contributed by atoms with E-state index < -0.39 is 0 Å². The molecule has 0 aromatic heterocycles. The monoisotopic (exact) mass is 296 g/mol. The van der Waals surface area contributed by atoms with Gasteiger partial charge in [-0.05, 0) is 31.5 Å². The highest BCUT2D eigenvalue weighted by Crippen LogP contribution is 2.38. The largest absolute Gasteiger partial charge is 0.493 e. The average molecular weight is 296 g/mol. The van der Waals surface area contributed by atoms with E-state index >= 15 is 0 Å². The molecule has 0 aliphatic rings. The van der Waals surface area contributed by atoms with Crippen molar-refractivity contribution in [2.75, 3.05) is 34.4 Å². The normalized spacial score (nSPS) is 10.1. The zero-order chi connectivity index (χ0) is 15.7. The fourth-order valence-electron chi connectivity index (χ4n) is 1.96. The zero-order valence-corrected chi connectivity index (χ0v) is 12.9. The lowest BCUT2D eigenvalue weighted by molar-refractivity contribution is 0.0952. The highest BCUT2D eigenvalue weighted by Gasteiger charge is 2.16. The van der Waals surface area contributed by atoms with Crippen LogP contribution in [0.15, 0.2) is 12.1 Å². The number of rotatable bonds is 9. The molecule has 0 fully saturated rings. The van der Waals surface area contributed by atoms with Gasteiger partial charge in [-0.2, -0.15) is 0 Å². The van der Waals surface area contributed by atoms with Crippen molar-refractivity contribution in [3.05, 3.63) is 17.7 Å². The van der Waals surface area contributed by atoms with E-state index in [-0.39, 0.29) is 5.91 Å². The van der Waals surface area contributed by atoms with Crippen LogP contribution >= 0.6 is 0 Å². The van der Waals surface area contributed by atoms with Crippen LogP contribution in [0.5, 0.6) is 17.2 Å². The number of amides is 1. The minimum atomic E-state index is -0.165. The third kappa shape index (κ3) is 4.82. The Balaban J connectivity index is 2.75. The number of methoxy groups -OCH3 is 3. The van der Waals surface area contributed by atoms with Gasteiger partial charge in [0.2, 0.25) is 5.75 Å². The van der Waals surface area contributed by atoms with Gasteiger partial charge in [-0.15, -0.1) is 0 Å². The van der Waals surface area contributed by atoms with Crippen LogP contribution in [0.2, 0.25) is 0 Å². The van der Waals surface area contributed by atoms with Crippen LogP contribution < -0.4 is 25.3 Å².